The van der Waals surface area contributed by atoms with Gasteiger partial charge in [-0.15, -0.1) is 0 Å². The van der Waals surface area contributed by atoms with Crippen molar-refractivity contribution >= 4 is 0 Å². The zero-order valence-corrected chi connectivity index (χ0v) is 10.8. The fraction of sp³-hybridized carbons (Fsp3) is 1.00. The predicted molar refractivity (Wildman–Crippen MR) is 63.6 cm³/mol. The van der Waals surface area contributed by atoms with Crippen LogP contribution in [0.2, 0.25) is 0 Å². The highest BCUT2D eigenvalue weighted by Crippen LogP contribution is 2.04. The molecule has 0 aromatic rings. The molecule has 0 fully saturated rings. The average Bonchev–Trinajstić information content (AvgIpc) is 2.11. The largest absolute Gasteiger partial charge is 0.364 e. The minimum atomic E-state index is -0.608. The molecule has 1 N–H and O–H groups in total. The van der Waals surface area contributed by atoms with Crippen LogP contribution in [0.15, 0.2) is 0 Å². The summed E-state index contributed by atoms with van der Waals surface area (Å²) in [5.74, 6) is 0. The maximum atomic E-state index is 9.67. The molecule has 0 radical (unpaired) electrons. The van der Waals surface area contributed by atoms with Gasteiger partial charge in [-0.2, -0.15) is 0 Å². The highest BCUT2D eigenvalue weighted by molar-refractivity contribution is 4.42. The van der Waals surface area contributed by atoms with E-state index in [0.717, 1.165) is 23.9 Å². The number of aliphatic hydroxyl groups excluding tert-OH is 1. The van der Waals surface area contributed by atoms with Crippen molar-refractivity contribution in [1.82, 2.24) is 0 Å². The number of unbranched alkanes of at least 4 members (excludes halogenated alkanes) is 2. The number of aliphatic hydroxyl groups is 1. The molecule has 0 aromatic heterocycles. The van der Waals surface area contributed by atoms with Crippen LogP contribution in [-0.4, -0.2) is 49.7 Å². The van der Waals surface area contributed by atoms with Gasteiger partial charge in [-0.1, -0.05) is 26.7 Å². The van der Waals surface area contributed by atoms with Gasteiger partial charge in [0.15, 0.2) is 0 Å². The third-order valence-corrected chi connectivity index (χ3v) is 2.54. The third kappa shape index (κ3) is 8.85. The molecule has 3 heteroatoms. The van der Waals surface area contributed by atoms with E-state index in [9.17, 15) is 5.11 Å². The number of hydrogen-bond acceptors (Lipinski definition) is 2. The lowest BCUT2D eigenvalue weighted by Crippen LogP contribution is -2.46. The van der Waals surface area contributed by atoms with Crippen LogP contribution in [0, 0.1) is 0 Å². The molecule has 0 spiro atoms. The molecule has 0 aliphatic rings. The van der Waals surface area contributed by atoms with Crippen LogP contribution < -0.4 is 0 Å². The molecule has 0 bridgehead atoms. The van der Waals surface area contributed by atoms with E-state index < -0.39 is 6.29 Å². The van der Waals surface area contributed by atoms with Crippen molar-refractivity contribution in [3.05, 3.63) is 0 Å². The molecule has 0 saturated heterocycles. The Balaban J connectivity index is 3.58. The van der Waals surface area contributed by atoms with Crippen LogP contribution in [0.4, 0.5) is 0 Å². The summed E-state index contributed by atoms with van der Waals surface area (Å²) >= 11 is 0. The Hall–Kier alpha value is -0.120. The van der Waals surface area contributed by atoms with Crippen molar-refractivity contribution < 1.29 is 14.3 Å². The first kappa shape index (κ1) is 14.9. The van der Waals surface area contributed by atoms with Crippen molar-refractivity contribution in [3.8, 4) is 0 Å². The number of nitrogens with zero attached hydrogens (tertiary/aromatic N) is 1. The molecule has 0 aliphatic heterocycles. The Morgan fingerprint density at radius 1 is 1.13 bits per heavy atom. The second-order valence-corrected chi connectivity index (χ2v) is 4.87. The number of likely N-dealkylation sites (N-methyl/N-ethyl adjacent to an activating group) is 1. The lowest BCUT2D eigenvalue weighted by atomic mass is 10.3. The standard InChI is InChI=1S/C12H28NO2/c1-5-7-8-10-15-12(14)11-13(3,4)9-6-2/h12,14H,5-11H2,1-4H3/q+1. The summed E-state index contributed by atoms with van der Waals surface area (Å²) in [6.07, 6.45) is 3.95. The van der Waals surface area contributed by atoms with Gasteiger partial charge in [0.1, 0.15) is 6.54 Å². The van der Waals surface area contributed by atoms with Crippen LogP contribution in [-0.2, 0) is 4.74 Å². The van der Waals surface area contributed by atoms with Gasteiger partial charge in [0.05, 0.1) is 20.6 Å². The topological polar surface area (TPSA) is 29.5 Å². The van der Waals surface area contributed by atoms with E-state index in [1.165, 1.54) is 12.8 Å². The number of ether oxygens (including phenoxy) is 1. The average molecular weight is 218 g/mol. The summed E-state index contributed by atoms with van der Waals surface area (Å²) in [4.78, 5) is 0. The van der Waals surface area contributed by atoms with E-state index in [-0.39, 0.29) is 0 Å². The Kier molecular flexibility index (Phi) is 8.02. The van der Waals surface area contributed by atoms with Crippen molar-refractivity contribution in [3.63, 3.8) is 0 Å². The van der Waals surface area contributed by atoms with E-state index in [0.29, 0.717) is 13.2 Å². The molecular formula is C12H28NO2+. The molecule has 0 heterocycles. The number of rotatable bonds is 9. The third-order valence-electron chi connectivity index (χ3n) is 2.54. The van der Waals surface area contributed by atoms with E-state index in [1.54, 1.807) is 0 Å². The maximum absolute atomic E-state index is 9.67. The van der Waals surface area contributed by atoms with Crippen LogP contribution >= 0.6 is 0 Å². The summed E-state index contributed by atoms with van der Waals surface area (Å²) in [5.41, 5.74) is 0. The Morgan fingerprint density at radius 2 is 1.80 bits per heavy atom. The fourth-order valence-electron chi connectivity index (χ4n) is 1.74. The summed E-state index contributed by atoms with van der Waals surface area (Å²) in [5, 5.41) is 9.67. The Labute approximate surface area is 94.6 Å². The van der Waals surface area contributed by atoms with Gasteiger partial charge in [-0.3, -0.25) is 0 Å². The van der Waals surface area contributed by atoms with E-state index >= 15 is 0 Å². The maximum Gasteiger partial charge on any atom is 0.205 e. The van der Waals surface area contributed by atoms with Crippen molar-refractivity contribution in [1.29, 1.82) is 0 Å². The molecule has 0 saturated carbocycles. The van der Waals surface area contributed by atoms with Gasteiger partial charge in [0.2, 0.25) is 6.29 Å². The van der Waals surface area contributed by atoms with E-state index in [2.05, 4.69) is 27.9 Å². The van der Waals surface area contributed by atoms with E-state index in [1.807, 2.05) is 0 Å². The molecule has 15 heavy (non-hydrogen) atoms. The highest BCUT2D eigenvalue weighted by atomic mass is 16.6. The summed E-state index contributed by atoms with van der Waals surface area (Å²) in [6, 6.07) is 0. The van der Waals surface area contributed by atoms with Crippen LogP contribution in [0.5, 0.6) is 0 Å². The minimum Gasteiger partial charge on any atom is -0.364 e. The van der Waals surface area contributed by atoms with Crippen molar-refractivity contribution in [2.45, 2.75) is 45.8 Å². The summed E-state index contributed by atoms with van der Waals surface area (Å²) in [7, 11) is 4.25. The fourth-order valence-corrected chi connectivity index (χ4v) is 1.74. The van der Waals surface area contributed by atoms with Crippen molar-refractivity contribution in [2.75, 3.05) is 33.8 Å². The van der Waals surface area contributed by atoms with E-state index in [4.69, 9.17) is 4.74 Å². The number of quaternary nitrogens is 1. The quantitative estimate of drug-likeness (QED) is 0.364. The molecule has 0 rings (SSSR count). The first-order valence-corrected chi connectivity index (χ1v) is 6.13. The van der Waals surface area contributed by atoms with Gasteiger partial charge < -0.3 is 14.3 Å². The van der Waals surface area contributed by atoms with Gasteiger partial charge in [-0.05, 0) is 12.8 Å². The van der Waals surface area contributed by atoms with Crippen LogP contribution in [0.25, 0.3) is 0 Å². The minimum absolute atomic E-state index is 0.608. The van der Waals surface area contributed by atoms with Gasteiger partial charge in [0, 0.05) is 6.61 Å². The first-order chi connectivity index (χ1) is 7.02. The van der Waals surface area contributed by atoms with Crippen LogP contribution in [0.3, 0.4) is 0 Å². The zero-order valence-electron chi connectivity index (χ0n) is 10.8. The van der Waals surface area contributed by atoms with Gasteiger partial charge in [-0.25, -0.2) is 0 Å². The zero-order chi connectivity index (χ0) is 11.7. The second-order valence-electron chi connectivity index (χ2n) is 4.87. The first-order valence-electron chi connectivity index (χ1n) is 6.13. The van der Waals surface area contributed by atoms with Crippen molar-refractivity contribution in [2.24, 2.45) is 0 Å². The monoisotopic (exact) mass is 218 g/mol. The smallest absolute Gasteiger partial charge is 0.205 e. The van der Waals surface area contributed by atoms with Gasteiger partial charge >= 0.3 is 0 Å². The molecule has 0 aromatic carbocycles. The molecule has 0 aliphatic carbocycles. The SMILES string of the molecule is CCCCCOC(O)C[N+](C)(C)CCC. The van der Waals surface area contributed by atoms with Gasteiger partial charge in [0.25, 0.3) is 0 Å². The Bertz CT molecular complexity index is 149. The lowest BCUT2D eigenvalue weighted by molar-refractivity contribution is -0.896. The summed E-state index contributed by atoms with van der Waals surface area (Å²) < 4.78 is 6.19. The highest BCUT2D eigenvalue weighted by Gasteiger charge is 2.19. The normalized spacial score (nSPS) is 14.2. The molecular weight excluding hydrogens is 190 g/mol. The molecule has 3 nitrogen and oxygen atoms in total. The van der Waals surface area contributed by atoms with Crippen LogP contribution in [0.1, 0.15) is 39.5 Å². The molecule has 0 amide bonds. The molecule has 92 valence electrons. The second kappa shape index (κ2) is 8.08. The molecule has 1 unspecified atom stereocenters. The summed E-state index contributed by atoms with van der Waals surface area (Å²) in [6.45, 7) is 6.77. The molecule has 1 atom stereocenters. The number of hydrogen-bond donors (Lipinski definition) is 1. The lowest BCUT2D eigenvalue weighted by Gasteiger charge is -2.31. The Morgan fingerprint density at radius 3 is 2.33 bits per heavy atom. The predicted octanol–water partition coefficient (Wildman–Crippen LogP) is 2.00.